The second-order valence-corrected chi connectivity index (χ2v) is 7.36. The maximum absolute atomic E-state index is 12.9. The average molecular weight is 341 g/mol. The number of aromatic nitrogens is 1. The monoisotopic (exact) mass is 341 g/mol. The molecule has 1 aromatic rings. The Morgan fingerprint density at radius 3 is 2.88 bits per heavy atom. The van der Waals surface area contributed by atoms with Crippen molar-refractivity contribution < 1.29 is 9.59 Å². The largest absolute Gasteiger partial charge is 0.341 e. The lowest BCUT2D eigenvalue weighted by Gasteiger charge is -2.33. The van der Waals surface area contributed by atoms with E-state index in [-0.39, 0.29) is 30.3 Å². The molecular weight excluding hydrogens is 314 g/mol. The third-order valence-corrected chi connectivity index (χ3v) is 5.24. The van der Waals surface area contributed by atoms with Gasteiger partial charge in [0, 0.05) is 37.6 Å². The summed E-state index contributed by atoms with van der Waals surface area (Å²) in [6.45, 7) is 4.63. The van der Waals surface area contributed by atoms with Crippen molar-refractivity contribution in [1.29, 1.82) is 0 Å². The van der Waals surface area contributed by atoms with Gasteiger partial charge in [0.2, 0.25) is 5.91 Å². The van der Waals surface area contributed by atoms with Crippen molar-refractivity contribution in [3.63, 3.8) is 0 Å². The molecule has 2 aliphatic rings. The van der Waals surface area contributed by atoms with Crippen molar-refractivity contribution in [1.82, 2.24) is 14.8 Å². The van der Waals surface area contributed by atoms with Gasteiger partial charge in [-0.15, -0.1) is 0 Å². The van der Waals surface area contributed by atoms with Crippen molar-refractivity contribution in [3.8, 4) is 0 Å². The van der Waals surface area contributed by atoms with E-state index < -0.39 is 0 Å². The molecule has 0 aromatic carbocycles. The molecule has 0 saturated heterocycles. The third-order valence-electron chi connectivity index (χ3n) is 5.24. The molecular formula is C20H27N3O2. The quantitative estimate of drug-likeness (QED) is 0.827. The maximum atomic E-state index is 12.9. The minimum absolute atomic E-state index is 0.00497. The van der Waals surface area contributed by atoms with Crippen LogP contribution in [0.25, 0.3) is 0 Å². The molecule has 1 saturated carbocycles. The van der Waals surface area contributed by atoms with Gasteiger partial charge in [0.15, 0.2) is 0 Å². The number of pyridine rings is 1. The normalized spacial score (nSPS) is 20.2. The Morgan fingerprint density at radius 1 is 1.40 bits per heavy atom. The molecule has 5 nitrogen and oxygen atoms in total. The highest BCUT2D eigenvalue weighted by Gasteiger charge is 2.41. The van der Waals surface area contributed by atoms with Crippen LogP contribution in [0.4, 0.5) is 0 Å². The fourth-order valence-electron chi connectivity index (χ4n) is 4.01. The molecule has 3 rings (SSSR count). The lowest BCUT2D eigenvalue weighted by Crippen LogP contribution is -2.41. The van der Waals surface area contributed by atoms with Gasteiger partial charge in [0.05, 0.1) is 12.5 Å². The van der Waals surface area contributed by atoms with Gasteiger partial charge in [-0.3, -0.25) is 14.6 Å². The van der Waals surface area contributed by atoms with E-state index in [0.29, 0.717) is 6.54 Å². The maximum Gasteiger partial charge on any atom is 0.251 e. The minimum Gasteiger partial charge on any atom is -0.341 e. The first-order valence-electron chi connectivity index (χ1n) is 9.16. The first-order valence-corrected chi connectivity index (χ1v) is 9.16. The molecule has 1 aliphatic heterocycles. The van der Waals surface area contributed by atoms with Crippen molar-refractivity contribution in [2.45, 2.75) is 64.6 Å². The number of carbonyl (C=O) groups excluding carboxylic acids is 2. The number of rotatable bonds is 5. The lowest BCUT2D eigenvalue weighted by molar-refractivity contribution is -0.133. The van der Waals surface area contributed by atoms with Gasteiger partial charge in [-0.05, 0) is 50.3 Å². The molecule has 0 bridgehead atoms. The van der Waals surface area contributed by atoms with E-state index in [1.165, 1.54) is 5.57 Å². The highest BCUT2D eigenvalue weighted by Crippen LogP contribution is 2.39. The average Bonchev–Trinajstić information content (AvgIpc) is 2.88. The summed E-state index contributed by atoms with van der Waals surface area (Å²) < 4.78 is 0. The van der Waals surface area contributed by atoms with Crippen LogP contribution in [0.1, 0.15) is 51.5 Å². The molecule has 1 aromatic heterocycles. The van der Waals surface area contributed by atoms with Crippen molar-refractivity contribution in [2.24, 2.45) is 0 Å². The van der Waals surface area contributed by atoms with Crippen molar-refractivity contribution in [3.05, 3.63) is 41.2 Å². The summed E-state index contributed by atoms with van der Waals surface area (Å²) in [7, 11) is 1.79. The summed E-state index contributed by atoms with van der Waals surface area (Å²) in [6, 6.07) is 4.21. The Balaban J connectivity index is 1.74. The van der Waals surface area contributed by atoms with E-state index in [1.54, 1.807) is 24.3 Å². The lowest BCUT2D eigenvalue weighted by atomic mass is 9.88. The first-order chi connectivity index (χ1) is 12.0. The molecule has 134 valence electrons. The minimum atomic E-state index is -0.00497. The summed E-state index contributed by atoms with van der Waals surface area (Å²) in [5.41, 5.74) is 2.96. The zero-order valence-electron chi connectivity index (χ0n) is 15.4. The van der Waals surface area contributed by atoms with Crippen LogP contribution in [-0.2, 0) is 16.1 Å². The number of nitrogens with zero attached hydrogens (tertiary/aromatic N) is 3. The molecule has 5 heteroatoms. The molecule has 1 aliphatic carbocycles. The fraction of sp³-hybridized carbons (Fsp3) is 0.550. The predicted molar refractivity (Wildman–Crippen MR) is 96.6 cm³/mol. The molecule has 0 spiro atoms. The summed E-state index contributed by atoms with van der Waals surface area (Å²) in [4.78, 5) is 33.4. The molecule has 1 unspecified atom stereocenters. The first kappa shape index (κ1) is 17.6. The Labute approximate surface area is 149 Å². The zero-order valence-corrected chi connectivity index (χ0v) is 15.4. The fourth-order valence-corrected chi connectivity index (χ4v) is 4.01. The standard InChI is InChI=1S/C20H27N3O2/c1-14(2)23-18-9-5-4-8-16(18)17(20(23)25)11-19(24)22(3)13-15-7-6-10-21-12-15/h6-7,10,12,14,18H,4-5,8-9,11,13H2,1-3H3. The third kappa shape index (κ3) is 3.60. The van der Waals surface area contributed by atoms with Crippen molar-refractivity contribution in [2.75, 3.05) is 7.05 Å². The van der Waals surface area contributed by atoms with Crippen LogP contribution in [0, 0.1) is 0 Å². The van der Waals surface area contributed by atoms with Crippen LogP contribution >= 0.6 is 0 Å². The number of fused-ring (bicyclic) bond motifs is 1. The van der Waals surface area contributed by atoms with Crippen LogP contribution in [0.3, 0.4) is 0 Å². The van der Waals surface area contributed by atoms with Gasteiger partial charge in [-0.2, -0.15) is 0 Å². The molecule has 1 atom stereocenters. The van der Waals surface area contributed by atoms with Crippen LogP contribution in [0.5, 0.6) is 0 Å². The summed E-state index contributed by atoms with van der Waals surface area (Å²) in [5.74, 6) is 0.0645. The number of amides is 2. The van der Waals surface area contributed by atoms with Crippen LogP contribution < -0.4 is 0 Å². The second-order valence-electron chi connectivity index (χ2n) is 7.36. The van der Waals surface area contributed by atoms with E-state index >= 15 is 0 Å². The van der Waals surface area contributed by atoms with Crippen LogP contribution in [0.2, 0.25) is 0 Å². The molecule has 0 N–H and O–H groups in total. The van der Waals surface area contributed by atoms with Gasteiger partial charge in [0.25, 0.3) is 5.91 Å². The van der Waals surface area contributed by atoms with E-state index in [1.807, 2.05) is 17.0 Å². The number of carbonyl (C=O) groups is 2. The van der Waals surface area contributed by atoms with Gasteiger partial charge in [-0.25, -0.2) is 0 Å². The number of hydrogen-bond donors (Lipinski definition) is 0. The van der Waals surface area contributed by atoms with Gasteiger partial charge in [-0.1, -0.05) is 12.5 Å². The molecule has 2 amide bonds. The Morgan fingerprint density at radius 2 is 2.20 bits per heavy atom. The molecule has 2 heterocycles. The van der Waals surface area contributed by atoms with Gasteiger partial charge < -0.3 is 9.80 Å². The zero-order chi connectivity index (χ0) is 18.0. The highest BCUT2D eigenvalue weighted by molar-refractivity contribution is 6.02. The number of hydrogen-bond acceptors (Lipinski definition) is 3. The topological polar surface area (TPSA) is 53.5 Å². The Kier molecular flexibility index (Phi) is 5.21. The smallest absolute Gasteiger partial charge is 0.251 e. The van der Waals surface area contributed by atoms with E-state index in [2.05, 4.69) is 18.8 Å². The highest BCUT2D eigenvalue weighted by atomic mass is 16.2. The van der Waals surface area contributed by atoms with Gasteiger partial charge >= 0.3 is 0 Å². The van der Waals surface area contributed by atoms with E-state index in [4.69, 9.17) is 0 Å². The Hall–Kier alpha value is -2.17. The SMILES string of the molecule is CC(C)N1C(=O)C(CC(=O)N(C)Cc2cccnc2)=C2CCCCC21. The molecule has 0 radical (unpaired) electrons. The Bertz CT molecular complexity index is 681. The summed E-state index contributed by atoms with van der Waals surface area (Å²) >= 11 is 0. The van der Waals surface area contributed by atoms with Gasteiger partial charge in [0.1, 0.15) is 0 Å². The summed E-state index contributed by atoms with van der Waals surface area (Å²) in [6.07, 6.45) is 7.96. The van der Waals surface area contributed by atoms with E-state index in [0.717, 1.165) is 36.8 Å². The predicted octanol–water partition coefficient (Wildman–Crippen LogP) is 2.92. The van der Waals surface area contributed by atoms with E-state index in [9.17, 15) is 9.59 Å². The second kappa shape index (κ2) is 7.38. The van der Waals surface area contributed by atoms with Crippen LogP contribution in [0.15, 0.2) is 35.7 Å². The molecule has 1 fully saturated rings. The molecule has 25 heavy (non-hydrogen) atoms. The summed E-state index contributed by atoms with van der Waals surface area (Å²) in [5, 5.41) is 0. The van der Waals surface area contributed by atoms with Crippen LogP contribution in [-0.4, -0.2) is 45.7 Å². The van der Waals surface area contributed by atoms with Crippen molar-refractivity contribution >= 4 is 11.8 Å².